The number of hydrogen-bond donors (Lipinski definition) is 0. The summed E-state index contributed by atoms with van der Waals surface area (Å²) in [4.78, 5) is 0. The molecular formula is C23H33BrO2. The molecule has 0 aliphatic heterocycles. The Morgan fingerprint density at radius 2 is 1.54 bits per heavy atom. The average molecular weight is 421 g/mol. The number of alkyl halides is 1. The largest absolute Gasteiger partial charge is 0.493 e. The zero-order chi connectivity index (χ0) is 18.6. The van der Waals surface area contributed by atoms with Crippen LogP contribution < -0.4 is 9.47 Å². The van der Waals surface area contributed by atoms with Gasteiger partial charge in [-0.1, -0.05) is 73.3 Å². The lowest BCUT2D eigenvalue weighted by Crippen LogP contribution is -2.11. The van der Waals surface area contributed by atoms with Gasteiger partial charge in [-0.25, -0.2) is 0 Å². The number of benzene rings is 2. The zero-order valence-electron chi connectivity index (χ0n) is 16.3. The second kappa shape index (κ2) is 12.2. The van der Waals surface area contributed by atoms with Crippen LogP contribution in [-0.2, 0) is 0 Å². The highest BCUT2D eigenvalue weighted by atomic mass is 79.9. The van der Waals surface area contributed by atoms with Gasteiger partial charge >= 0.3 is 0 Å². The maximum atomic E-state index is 6.22. The molecule has 0 aliphatic carbocycles. The SMILES string of the molecule is CCCCC(CC)COc1ccc(OCCCCCBr)c2ccccc12. The van der Waals surface area contributed by atoms with Gasteiger partial charge in [-0.2, -0.15) is 0 Å². The molecule has 2 nitrogen and oxygen atoms in total. The third kappa shape index (κ3) is 6.50. The lowest BCUT2D eigenvalue weighted by atomic mass is 10.0. The molecule has 0 heterocycles. The standard InChI is InChI=1S/C23H33BrO2/c1-3-5-11-19(4-2)18-26-23-15-14-22(25-17-10-6-9-16-24)20-12-7-8-13-21(20)23/h7-8,12-15,19H,3-6,9-11,16-18H2,1-2H3. The summed E-state index contributed by atoms with van der Waals surface area (Å²) in [7, 11) is 0. The van der Waals surface area contributed by atoms with Crippen LogP contribution in [-0.4, -0.2) is 18.5 Å². The van der Waals surface area contributed by atoms with Crippen LogP contribution in [0, 0.1) is 5.92 Å². The van der Waals surface area contributed by atoms with Gasteiger partial charge in [-0.05, 0) is 43.7 Å². The first kappa shape index (κ1) is 21.1. The quantitative estimate of drug-likeness (QED) is 0.248. The number of fused-ring (bicyclic) bond motifs is 1. The first-order valence-corrected chi connectivity index (χ1v) is 11.3. The van der Waals surface area contributed by atoms with Crippen LogP contribution in [0.1, 0.15) is 58.8 Å². The van der Waals surface area contributed by atoms with Gasteiger partial charge in [0.05, 0.1) is 13.2 Å². The lowest BCUT2D eigenvalue weighted by Gasteiger charge is -2.18. The maximum absolute atomic E-state index is 6.22. The van der Waals surface area contributed by atoms with E-state index in [2.05, 4.69) is 66.2 Å². The monoisotopic (exact) mass is 420 g/mol. The fraction of sp³-hybridized carbons (Fsp3) is 0.565. The van der Waals surface area contributed by atoms with Crippen LogP contribution in [0.3, 0.4) is 0 Å². The van der Waals surface area contributed by atoms with Crippen molar-refractivity contribution in [3.05, 3.63) is 36.4 Å². The van der Waals surface area contributed by atoms with Crippen LogP contribution in [0.25, 0.3) is 10.8 Å². The minimum atomic E-state index is 0.638. The molecule has 0 saturated heterocycles. The first-order chi connectivity index (χ1) is 12.8. The molecular weight excluding hydrogens is 388 g/mol. The molecule has 144 valence electrons. The number of hydrogen-bond acceptors (Lipinski definition) is 2. The third-order valence-electron chi connectivity index (χ3n) is 4.90. The predicted octanol–water partition coefficient (Wildman–Crippen LogP) is 7.38. The molecule has 0 bridgehead atoms. The Hall–Kier alpha value is -1.22. The molecule has 0 aromatic heterocycles. The molecule has 0 spiro atoms. The molecule has 1 atom stereocenters. The van der Waals surface area contributed by atoms with Crippen molar-refractivity contribution < 1.29 is 9.47 Å². The Morgan fingerprint density at radius 3 is 2.15 bits per heavy atom. The molecule has 0 radical (unpaired) electrons. The van der Waals surface area contributed by atoms with E-state index in [1.807, 2.05) is 0 Å². The van der Waals surface area contributed by atoms with Crippen molar-refractivity contribution in [2.45, 2.75) is 58.8 Å². The fourth-order valence-electron chi connectivity index (χ4n) is 3.16. The summed E-state index contributed by atoms with van der Waals surface area (Å²) in [6, 6.07) is 12.5. The Morgan fingerprint density at radius 1 is 0.846 bits per heavy atom. The topological polar surface area (TPSA) is 18.5 Å². The van der Waals surface area contributed by atoms with Crippen molar-refractivity contribution in [1.29, 1.82) is 0 Å². The van der Waals surface area contributed by atoms with Crippen molar-refractivity contribution >= 4 is 26.7 Å². The Bertz CT molecular complexity index is 641. The summed E-state index contributed by atoms with van der Waals surface area (Å²) < 4.78 is 12.3. The lowest BCUT2D eigenvalue weighted by molar-refractivity contribution is 0.235. The van der Waals surface area contributed by atoms with E-state index in [-0.39, 0.29) is 0 Å². The van der Waals surface area contributed by atoms with Gasteiger partial charge in [0.15, 0.2) is 0 Å². The van der Waals surface area contributed by atoms with Gasteiger partial charge in [0.25, 0.3) is 0 Å². The molecule has 3 heteroatoms. The van der Waals surface area contributed by atoms with E-state index < -0.39 is 0 Å². The van der Waals surface area contributed by atoms with E-state index in [1.165, 1.54) is 38.5 Å². The van der Waals surface area contributed by atoms with E-state index in [1.54, 1.807) is 0 Å². The number of ether oxygens (including phenoxy) is 2. The number of rotatable bonds is 13. The smallest absolute Gasteiger partial charge is 0.127 e. The van der Waals surface area contributed by atoms with Crippen LogP contribution in [0.2, 0.25) is 0 Å². The van der Waals surface area contributed by atoms with Crippen molar-refractivity contribution in [2.75, 3.05) is 18.5 Å². The Labute approximate surface area is 167 Å². The van der Waals surface area contributed by atoms with E-state index in [0.29, 0.717) is 5.92 Å². The highest BCUT2D eigenvalue weighted by molar-refractivity contribution is 9.09. The summed E-state index contributed by atoms with van der Waals surface area (Å²) in [6.45, 7) is 6.08. The zero-order valence-corrected chi connectivity index (χ0v) is 17.9. The molecule has 0 aliphatic rings. The van der Waals surface area contributed by atoms with Crippen LogP contribution in [0.5, 0.6) is 11.5 Å². The molecule has 0 fully saturated rings. The van der Waals surface area contributed by atoms with Gasteiger partial charge in [-0.3, -0.25) is 0 Å². The first-order valence-electron chi connectivity index (χ1n) is 10.1. The Kier molecular flexibility index (Phi) is 9.91. The molecule has 26 heavy (non-hydrogen) atoms. The minimum Gasteiger partial charge on any atom is -0.493 e. The second-order valence-corrected chi connectivity index (χ2v) is 7.73. The summed E-state index contributed by atoms with van der Waals surface area (Å²) in [6.07, 6.45) is 8.45. The van der Waals surface area contributed by atoms with Crippen molar-refractivity contribution in [3.8, 4) is 11.5 Å². The van der Waals surface area contributed by atoms with E-state index >= 15 is 0 Å². The highest BCUT2D eigenvalue weighted by Crippen LogP contribution is 2.33. The van der Waals surface area contributed by atoms with Crippen molar-refractivity contribution in [1.82, 2.24) is 0 Å². The second-order valence-electron chi connectivity index (χ2n) is 6.93. The normalized spacial score (nSPS) is 12.3. The molecule has 0 amide bonds. The summed E-state index contributed by atoms with van der Waals surface area (Å²) in [5, 5.41) is 3.36. The molecule has 1 unspecified atom stereocenters. The van der Waals surface area contributed by atoms with Crippen LogP contribution in [0.4, 0.5) is 0 Å². The van der Waals surface area contributed by atoms with Crippen LogP contribution in [0.15, 0.2) is 36.4 Å². The van der Waals surface area contributed by atoms with Gasteiger partial charge in [0.2, 0.25) is 0 Å². The number of halogens is 1. The van der Waals surface area contributed by atoms with Gasteiger partial charge in [-0.15, -0.1) is 0 Å². The molecule has 2 aromatic rings. The van der Waals surface area contributed by atoms with E-state index in [9.17, 15) is 0 Å². The summed E-state index contributed by atoms with van der Waals surface area (Å²) in [5.41, 5.74) is 0. The summed E-state index contributed by atoms with van der Waals surface area (Å²) in [5.74, 6) is 2.58. The predicted molar refractivity (Wildman–Crippen MR) is 116 cm³/mol. The summed E-state index contributed by atoms with van der Waals surface area (Å²) >= 11 is 3.48. The molecule has 2 rings (SSSR count). The maximum Gasteiger partial charge on any atom is 0.127 e. The van der Waals surface area contributed by atoms with E-state index in [0.717, 1.165) is 47.2 Å². The highest BCUT2D eigenvalue weighted by Gasteiger charge is 2.11. The minimum absolute atomic E-state index is 0.638. The molecule has 0 N–H and O–H groups in total. The van der Waals surface area contributed by atoms with Gasteiger partial charge in [0.1, 0.15) is 11.5 Å². The fourth-order valence-corrected chi connectivity index (χ4v) is 3.55. The Balaban J connectivity index is 2.03. The van der Waals surface area contributed by atoms with Crippen molar-refractivity contribution in [3.63, 3.8) is 0 Å². The van der Waals surface area contributed by atoms with Crippen molar-refractivity contribution in [2.24, 2.45) is 5.92 Å². The van der Waals surface area contributed by atoms with Gasteiger partial charge < -0.3 is 9.47 Å². The third-order valence-corrected chi connectivity index (χ3v) is 5.46. The van der Waals surface area contributed by atoms with Crippen LogP contribution >= 0.6 is 15.9 Å². The number of unbranched alkanes of at least 4 members (excludes halogenated alkanes) is 3. The van der Waals surface area contributed by atoms with E-state index in [4.69, 9.17) is 9.47 Å². The average Bonchev–Trinajstić information content (AvgIpc) is 2.68. The van der Waals surface area contributed by atoms with Gasteiger partial charge in [0, 0.05) is 16.1 Å². The molecule has 2 aromatic carbocycles. The molecule has 0 saturated carbocycles.